The Labute approximate surface area is 172 Å². The molecule has 9 heteroatoms. The van der Waals surface area contributed by atoms with Crippen molar-refractivity contribution in [3.05, 3.63) is 63.9 Å². The van der Waals surface area contributed by atoms with Crippen LogP contribution >= 0.6 is 35.4 Å². The Morgan fingerprint density at radius 3 is 2.70 bits per heavy atom. The molecule has 27 heavy (non-hydrogen) atoms. The molecule has 0 radical (unpaired) electrons. The van der Waals surface area contributed by atoms with Crippen molar-refractivity contribution in [1.29, 1.82) is 0 Å². The summed E-state index contributed by atoms with van der Waals surface area (Å²) in [6.45, 7) is 2.50. The van der Waals surface area contributed by atoms with E-state index in [9.17, 15) is 0 Å². The van der Waals surface area contributed by atoms with Crippen LogP contribution in [0.25, 0.3) is 0 Å². The van der Waals surface area contributed by atoms with Crippen molar-refractivity contribution in [2.45, 2.75) is 13.5 Å². The number of hydrogen-bond donors (Lipinski definition) is 2. The zero-order valence-electron chi connectivity index (χ0n) is 14.7. The monoisotopic (exact) mass is 421 g/mol. The fourth-order valence-corrected chi connectivity index (χ4v) is 2.95. The number of hydrogen-bond acceptors (Lipinski definition) is 4. The lowest BCUT2D eigenvalue weighted by molar-refractivity contribution is 0.417. The SMILES string of the molecule is COc1ccc(C)cc1NC(=S)Nc1ncn(Cc2ccc(Cl)c(Cl)c2)n1. The standard InChI is InChI=1S/C18H17Cl2N5OS/c1-11-3-6-16(26-2)15(7-11)22-18(27)23-17-21-10-25(24-17)9-12-4-5-13(19)14(20)8-12/h3-8,10H,9H2,1-2H3,(H2,22,23,24,27). The van der Waals surface area contributed by atoms with Gasteiger partial charge < -0.3 is 10.1 Å². The topological polar surface area (TPSA) is 64.0 Å². The number of halogens is 2. The molecule has 0 unspecified atom stereocenters. The summed E-state index contributed by atoms with van der Waals surface area (Å²) >= 11 is 17.3. The first-order chi connectivity index (χ1) is 12.9. The molecule has 0 atom stereocenters. The van der Waals surface area contributed by atoms with E-state index in [1.807, 2.05) is 31.2 Å². The first-order valence-corrected chi connectivity index (χ1v) is 9.17. The molecule has 0 saturated carbocycles. The molecule has 140 valence electrons. The molecule has 1 aromatic heterocycles. The normalized spacial score (nSPS) is 10.5. The number of benzene rings is 2. The average Bonchev–Trinajstić information content (AvgIpc) is 3.05. The Hall–Kier alpha value is -2.35. The second-order valence-corrected chi connectivity index (χ2v) is 7.02. The van der Waals surface area contributed by atoms with Gasteiger partial charge in [-0.1, -0.05) is 35.3 Å². The summed E-state index contributed by atoms with van der Waals surface area (Å²) in [5.41, 5.74) is 2.82. The van der Waals surface area contributed by atoms with Gasteiger partial charge in [0.15, 0.2) is 5.11 Å². The number of aromatic nitrogens is 3. The maximum Gasteiger partial charge on any atom is 0.248 e. The van der Waals surface area contributed by atoms with Gasteiger partial charge in [-0.15, -0.1) is 5.10 Å². The Morgan fingerprint density at radius 1 is 1.15 bits per heavy atom. The zero-order valence-corrected chi connectivity index (χ0v) is 17.0. The van der Waals surface area contributed by atoms with E-state index in [2.05, 4.69) is 20.7 Å². The van der Waals surface area contributed by atoms with Crippen LogP contribution in [-0.4, -0.2) is 27.0 Å². The predicted octanol–water partition coefficient (Wildman–Crippen LogP) is 4.76. The van der Waals surface area contributed by atoms with E-state index in [4.69, 9.17) is 40.2 Å². The van der Waals surface area contributed by atoms with Crippen LogP contribution < -0.4 is 15.4 Å². The number of aryl methyl sites for hydroxylation is 1. The summed E-state index contributed by atoms with van der Waals surface area (Å²) in [5.74, 6) is 1.09. The Bertz CT molecular complexity index is 976. The van der Waals surface area contributed by atoms with Gasteiger partial charge in [-0.05, 0) is 54.5 Å². The van der Waals surface area contributed by atoms with Gasteiger partial charge in [0.1, 0.15) is 12.1 Å². The van der Waals surface area contributed by atoms with Crippen molar-refractivity contribution < 1.29 is 4.74 Å². The van der Waals surface area contributed by atoms with Crippen LogP contribution in [0.2, 0.25) is 10.0 Å². The largest absolute Gasteiger partial charge is 0.495 e. The number of rotatable bonds is 5. The van der Waals surface area contributed by atoms with Crippen LogP contribution in [0, 0.1) is 6.92 Å². The number of thiocarbonyl (C=S) groups is 1. The van der Waals surface area contributed by atoms with Crippen LogP contribution in [0.4, 0.5) is 11.6 Å². The second kappa shape index (κ2) is 8.56. The lowest BCUT2D eigenvalue weighted by Crippen LogP contribution is -2.20. The van der Waals surface area contributed by atoms with Gasteiger partial charge in [-0.25, -0.2) is 9.67 Å². The molecule has 0 bridgehead atoms. The zero-order chi connectivity index (χ0) is 19.4. The van der Waals surface area contributed by atoms with Crippen molar-refractivity contribution >= 4 is 52.2 Å². The van der Waals surface area contributed by atoms with Gasteiger partial charge in [-0.3, -0.25) is 5.32 Å². The first-order valence-electron chi connectivity index (χ1n) is 8.00. The minimum atomic E-state index is 0.367. The van der Waals surface area contributed by atoms with Crippen LogP contribution in [-0.2, 0) is 6.54 Å². The Morgan fingerprint density at radius 2 is 1.96 bits per heavy atom. The first kappa shape index (κ1) is 19.4. The quantitative estimate of drug-likeness (QED) is 0.578. The van der Waals surface area contributed by atoms with Gasteiger partial charge in [-0.2, -0.15) is 0 Å². The fourth-order valence-electron chi connectivity index (χ4n) is 2.43. The third-order valence-electron chi connectivity index (χ3n) is 3.69. The van der Waals surface area contributed by atoms with E-state index in [-0.39, 0.29) is 0 Å². The fraction of sp³-hybridized carbons (Fsp3) is 0.167. The van der Waals surface area contributed by atoms with Gasteiger partial charge in [0.2, 0.25) is 5.95 Å². The van der Waals surface area contributed by atoms with Crippen LogP contribution in [0.5, 0.6) is 5.75 Å². The highest BCUT2D eigenvalue weighted by molar-refractivity contribution is 7.80. The summed E-state index contributed by atoms with van der Waals surface area (Å²) in [5, 5.41) is 11.8. The third kappa shape index (κ3) is 5.09. The summed E-state index contributed by atoms with van der Waals surface area (Å²) < 4.78 is 7.01. The lowest BCUT2D eigenvalue weighted by atomic mass is 10.2. The van der Waals surface area contributed by atoms with Gasteiger partial charge in [0.05, 0.1) is 29.4 Å². The molecule has 0 aliphatic carbocycles. The molecule has 1 heterocycles. The van der Waals surface area contributed by atoms with Gasteiger partial charge in [0, 0.05) is 0 Å². The summed E-state index contributed by atoms with van der Waals surface area (Å²) in [6.07, 6.45) is 1.61. The molecular formula is C18H17Cl2N5OS. The van der Waals surface area contributed by atoms with E-state index in [0.717, 1.165) is 16.8 Å². The molecule has 0 amide bonds. The maximum atomic E-state index is 6.04. The summed E-state index contributed by atoms with van der Waals surface area (Å²) in [6, 6.07) is 11.2. The highest BCUT2D eigenvalue weighted by Crippen LogP contribution is 2.25. The summed E-state index contributed by atoms with van der Waals surface area (Å²) in [7, 11) is 1.61. The minimum Gasteiger partial charge on any atom is -0.495 e. The van der Waals surface area contributed by atoms with Crippen LogP contribution in [0.1, 0.15) is 11.1 Å². The number of nitrogens with one attached hydrogen (secondary N) is 2. The van der Waals surface area contributed by atoms with Gasteiger partial charge in [0.25, 0.3) is 0 Å². The number of methoxy groups -OCH3 is 1. The van der Waals surface area contributed by atoms with Crippen LogP contribution in [0.15, 0.2) is 42.7 Å². The Balaban J connectivity index is 1.64. The average molecular weight is 422 g/mol. The van der Waals surface area contributed by atoms with Crippen molar-refractivity contribution in [3.63, 3.8) is 0 Å². The summed E-state index contributed by atoms with van der Waals surface area (Å²) in [4.78, 5) is 4.22. The van der Waals surface area contributed by atoms with Crippen molar-refractivity contribution in [2.75, 3.05) is 17.7 Å². The number of ether oxygens (including phenoxy) is 1. The Kier molecular flexibility index (Phi) is 6.15. The van der Waals surface area contributed by atoms with E-state index in [0.29, 0.717) is 33.4 Å². The molecule has 0 aliphatic heterocycles. The van der Waals surface area contributed by atoms with Crippen molar-refractivity contribution in [2.24, 2.45) is 0 Å². The molecular weight excluding hydrogens is 405 g/mol. The highest BCUT2D eigenvalue weighted by atomic mass is 35.5. The predicted molar refractivity (Wildman–Crippen MR) is 113 cm³/mol. The molecule has 3 rings (SSSR count). The second-order valence-electron chi connectivity index (χ2n) is 5.80. The van der Waals surface area contributed by atoms with E-state index >= 15 is 0 Å². The maximum absolute atomic E-state index is 6.04. The molecule has 0 fully saturated rings. The molecule has 0 saturated heterocycles. The van der Waals surface area contributed by atoms with Gasteiger partial charge >= 0.3 is 0 Å². The van der Waals surface area contributed by atoms with Crippen LogP contribution in [0.3, 0.4) is 0 Å². The molecule has 6 nitrogen and oxygen atoms in total. The minimum absolute atomic E-state index is 0.367. The van der Waals surface area contributed by atoms with Crippen molar-refractivity contribution in [3.8, 4) is 5.75 Å². The highest BCUT2D eigenvalue weighted by Gasteiger charge is 2.08. The lowest BCUT2D eigenvalue weighted by Gasteiger charge is -2.12. The van der Waals surface area contributed by atoms with E-state index in [1.165, 1.54) is 0 Å². The molecule has 2 aromatic carbocycles. The molecule has 0 spiro atoms. The number of nitrogens with zero attached hydrogens (tertiary/aromatic N) is 3. The third-order valence-corrected chi connectivity index (χ3v) is 4.64. The van der Waals surface area contributed by atoms with E-state index < -0.39 is 0 Å². The molecule has 3 aromatic rings. The molecule has 0 aliphatic rings. The van der Waals surface area contributed by atoms with Crippen molar-refractivity contribution in [1.82, 2.24) is 14.8 Å². The number of anilines is 2. The molecule has 2 N–H and O–H groups in total. The van der Waals surface area contributed by atoms with E-state index in [1.54, 1.807) is 30.3 Å². The smallest absolute Gasteiger partial charge is 0.248 e.